The second-order valence-electron chi connectivity index (χ2n) is 5.49. The highest BCUT2D eigenvalue weighted by Gasteiger charge is 2.18. The first-order chi connectivity index (χ1) is 10.7. The molecule has 0 saturated carbocycles. The predicted molar refractivity (Wildman–Crippen MR) is 87.5 cm³/mol. The molecule has 22 heavy (non-hydrogen) atoms. The van der Waals surface area contributed by atoms with Crippen LogP contribution in [0.5, 0.6) is 5.75 Å². The number of rotatable bonds is 8. The highest BCUT2D eigenvalue weighted by Crippen LogP contribution is 2.27. The van der Waals surface area contributed by atoms with Crippen LogP contribution < -0.4 is 15.4 Å². The molecule has 0 radical (unpaired) electrons. The maximum Gasteiger partial charge on any atom is 0.140 e. The van der Waals surface area contributed by atoms with Crippen molar-refractivity contribution < 1.29 is 14.6 Å². The molecule has 0 spiro atoms. The number of aryl methyl sites for hydroxylation is 1. The number of aliphatic hydroxyl groups excluding tert-OH is 1. The van der Waals surface area contributed by atoms with Crippen molar-refractivity contribution in [3.05, 3.63) is 28.8 Å². The summed E-state index contributed by atoms with van der Waals surface area (Å²) in [7, 11) is 0. The van der Waals surface area contributed by atoms with Crippen molar-refractivity contribution in [2.24, 2.45) is 0 Å². The van der Waals surface area contributed by atoms with Gasteiger partial charge in [0.25, 0.3) is 0 Å². The summed E-state index contributed by atoms with van der Waals surface area (Å²) < 4.78 is 11.2. The maximum atomic E-state index is 9.57. The first-order valence-corrected chi connectivity index (χ1v) is 8.15. The van der Waals surface area contributed by atoms with Gasteiger partial charge in [-0.3, -0.25) is 5.32 Å². The van der Waals surface area contributed by atoms with Crippen LogP contribution >= 0.6 is 11.6 Å². The molecule has 1 unspecified atom stereocenters. The molecule has 0 amide bonds. The zero-order valence-electron chi connectivity index (χ0n) is 13.0. The lowest BCUT2D eigenvalue weighted by molar-refractivity contribution is 0.0862. The number of nitrogens with one attached hydrogen (secondary N) is 2. The third kappa shape index (κ3) is 5.74. The van der Waals surface area contributed by atoms with Crippen LogP contribution in [0.1, 0.15) is 18.4 Å². The quantitative estimate of drug-likeness (QED) is 0.634. The van der Waals surface area contributed by atoms with Crippen molar-refractivity contribution in [1.82, 2.24) is 10.6 Å². The monoisotopic (exact) mass is 328 g/mol. The van der Waals surface area contributed by atoms with Crippen molar-refractivity contribution in [1.29, 1.82) is 0 Å². The number of para-hydroxylation sites is 1. The largest absolute Gasteiger partial charge is 0.489 e. The van der Waals surface area contributed by atoms with Crippen LogP contribution in [0.4, 0.5) is 0 Å². The van der Waals surface area contributed by atoms with Gasteiger partial charge in [0.2, 0.25) is 0 Å². The van der Waals surface area contributed by atoms with Crippen LogP contribution in [0.2, 0.25) is 5.02 Å². The molecule has 2 atom stereocenters. The number of aliphatic hydroxyl groups is 1. The summed E-state index contributed by atoms with van der Waals surface area (Å²) >= 11 is 6.09. The summed E-state index contributed by atoms with van der Waals surface area (Å²) in [6.45, 7) is 5.18. The van der Waals surface area contributed by atoms with Crippen LogP contribution in [0.25, 0.3) is 0 Å². The molecule has 1 aliphatic rings. The van der Waals surface area contributed by atoms with Crippen LogP contribution in [-0.4, -0.2) is 50.3 Å². The molecule has 1 saturated heterocycles. The van der Waals surface area contributed by atoms with Gasteiger partial charge in [0.15, 0.2) is 0 Å². The van der Waals surface area contributed by atoms with Crippen molar-refractivity contribution in [2.45, 2.75) is 32.0 Å². The van der Waals surface area contributed by atoms with E-state index in [4.69, 9.17) is 21.1 Å². The molecule has 1 heterocycles. The maximum absolute atomic E-state index is 9.57. The van der Waals surface area contributed by atoms with E-state index in [-0.39, 0.29) is 12.3 Å². The Kier molecular flexibility index (Phi) is 7.42. The van der Waals surface area contributed by atoms with E-state index in [1.807, 2.05) is 25.1 Å². The Morgan fingerprint density at radius 1 is 1.36 bits per heavy atom. The number of halogens is 1. The zero-order valence-corrected chi connectivity index (χ0v) is 13.7. The highest BCUT2D eigenvalue weighted by molar-refractivity contribution is 6.32. The zero-order chi connectivity index (χ0) is 15.8. The molecular weight excluding hydrogens is 304 g/mol. The molecule has 124 valence electrons. The van der Waals surface area contributed by atoms with Crippen LogP contribution in [-0.2, 0) is 4.74 Å². The number of hydrogen-bond acceptors (Lipinski definition) is 5. The fraction of sp³-hybridized carbons (Fsp3) is 0.625. The molecule has 0 aliphatic carbocycles. The summed E-state index contributed by atoms with van der Waals surface area (Å²) in [4.78, 5) is 0. The first-order valence-electron chi connectivity index (χ1n) is 7.77. The molecule has 1 aromatic rings. The summed E-state index contributed by atoms with van der Waals surface area (Å²) in [6.07, 6.45) is 1.55. The number of ether oxygens (including phenoxy) is 2. The summed E-state index contributed by atoms with van der Waals surface area (Å²) in [5.41, 5.74) is 1.02. The molecule has 1 aliphatic heterocycles. The lowest BCUT2D eigenvalue weighted by Crippen LogP contribution is -2.50. The van der Waals surface area contributed by atoms with Gasteiger partial charge in [-0.2, -0.15) is 0 Å². The number of piperidine rings is 1. The van der Waals surface area contributed by atoms with E-state index in [1.54, 1.807) is 0 Å². The topological polar surface area (TPSA) is 62.8 Å². The van der Waals surface area contributed by atoms with Gasteiger partial charge in [0.05, 0.1) is 30.5 Å². The van der Waals surface area contributed by atoms with Crippen LogP contribution in [0.15, 0.2) is 18.2 Å². The fourth-order valence-electron chi connectivity index (χ4n) is 2.46. The molecule has 1 aromatic carbocycles. The molecule has 2 rings (SSSR count). The number of hydrogen-bond donors (Lipinski definition) is 3. The first kappa shape index (κ1) is 17.5. The van der Waals surface area contributed by atoms with Gasteiger partial charge < -0.3 is 19.9 Å². The van der Waals surface area contributed by atoms with Crippen molar-refractivity contribution >= 4 is 11.6 Å². The van der Waals surface area contributed by atoms with Crippen molar-refractivity contribution in [3.8, 4) is 5.75 Å². The molecular formula is C16H25ClN2O3. The third-order valence-corrected chi connectivity index (χ3v) is 3.95. The van der Waals surface area contributed by atoms with E-state index < -0.39 is 0 Å². The summed E-state index contributed by atoms with van der Waals surface area (Å²) in [5.74, 6) is 0.728. The van der Waals surface area contributed by atoms with Gasteiger partial charge in [-0.05, 0) is 31.5 Å². The van der Waals surface area contributed by atoms with E-state index in [0.29, 0.717) is 24.8 Å². The highest BCUT2D eigenvalue weighted by atomic mass is 35.5. The van der Waals surface area contributed by atoms with Gasteiger partial charge in [0, 0.05) is 13.0 Å². The number of benzene rings is 1. The average molecular weight is 329 g/mol. The van der Waals surface area contributed by atoms with Gasteiger partial charge in [-0.1, -0.05) is 23.7 Å². The van der Waals surface area contributed by atoms with E-state index in [1.165, 1.54) is 0 Å². The minimum Gasteiger partial charge on any atom is -0.489 e. The Morgan fingerprint density at radius 3 is 3.00 bits per heavy atom. The average Bonchev–Trinajstić information content (AvgIpc) is 2.49. The Labute approximate surface area is 136 Å². The minimum absolute atomic E-state index is 0.175. The smallest absolute Gasteiger partial charge is 0.140 e. The lowest BCUT2D eigenvalue weighted by Gasteiger charge is -2.28. The molecule has 1 fully saturated rings. The van der Waals surface area contributed by atoms with Gasteiger partial charge >= 0.3 is 0 Å². The SMILES string of the molecule is Cc1cccc(Cl)c1OCCOCCNC1C[C@@H](O)CCN1. The Balaban J connectivity index is 1.53. The van der Waals surface area contributed by atoms with Crippen LogP contribution in [0, 0.1) is 6.92 Å². The fourth-order valence-corrected chi connectivity index (χ4v) is 2.74. The van der Waals surface area contributed by atoms with E-state index >= 15 is 0 Å². The van der Waals surface area contributed by atoms with Crippen LogP contribution in [0.3, 0.4) is 0 Å². The van der Waals surface area contributed by atoms with E-state index in [0.717, 1.165) is 37.2 Å². The Morgan fingerprint density at radius 2 is 2.23 bits per heavy atom. The Hall–Kier alpha value is -0.850. The summed E-state index contributed by atoms with van der Waals surface area (Å²) in [5, 5.41) is 16.8. The molecule has 0 bridgehead atoms. The molecule has 0 aromatic heterocycles. The van der Waals surface area contributed by atoms with E-state index in [2.05, 4.69) is 10.6 Å². The molecule has 3 N–H and O–H groups in total. The summed E-state index contributed by atoms with van der Waals surface area (Å²) in [6, 6.07) is 5.70. The van der Waals surface area contributed by atoms with Crippen molar-refractivity contribution in [3.63, 3.8) is 0 Å². The Bertz CT molecular complexity index is 439. The van der Waals surface area contributed by atoms with Gasteiger partial charge in [-0.15, -0.1) is 0 Å². The van der Waals surface area contributed by atoms with Gasteiger partial charge in [-0.25, -0.2) is 0 Å². The molecule has 5 nitrogen and oxygen atoms in total. The van der Waals surface area contributed by atoms with Crippen molar-refractivity contribution in [2.75, 3.05) is 32.9 Å². The normalized spacial score (nSPS) is 21.8. The lowest BCUT2D eigenvalue weighted by atomic mass is 10.1. The predicted octanol–water partition coefficient (Wildman–Crippen LogP) is 1.70. The second-order valence-corrected chi connectivity index (χ2v) is 5.89. The molecule has 6 heteroatoms. The second kappa shape index (κ2) is 9.33. The third-order valence-electron chi connectivity index (χ3n) is 3.65. The van der Waals surface area contributed by atoms with E-state index in [9.17, 15) is 5.11 Å². The standard InChI is InChI=1S/C16H25ClN2O3/c1-12-3-2-4-14(17)16(12)22-10-9-21-8-7-19-15-11-13(20)5-6-18-15/h2-4,13,15,18-20H,5-11H2,1H3/t13-,15?/m0/s1. The van der Waals surface area contributed by atoms with Gasteiger partial charge in [0.1, 0.15) is 12.4 Å². The minimum atomic E-state index is -0.202.